The summed E-state index contributed by atoms with van der Waals surface area (Å²) >= 11 is 0. The van der Waals surface area contributed by atoms with Crippen LogP contribution in [-0.2, 0) is 13.0 Å². The highest BCUT2D eigenvalue weighted by molar-refractivity contribution is 5.85. The van der Waals surface area contributed by atoms with E-state index < -0.39 is 0 Å². The molecule has 0 amide bonds. The molecule has 0 atom stereocenters. The first-order valence-electron chi connectivity index (χ1n) is 6.37. The largest absolute Gasteiger partial charge is 0.507 e. The molecule has 1 aromatic heterocycles. The van der Waals surface area contributed by atoms with Gasteiger partial charge in [-0.3, -0.25) is 4.79 Å². The van der Waals surface area contributed by atoms with Gasteiger partial charge in [-0.25, -0.2) is 0 Å². The zero-order chi connectivity index (χ0) is 14.2. The third-order valence-corrected chi connectivity index (χ3v) is 3.26. The second-order valence-corrected chi connectivity index (χ2v) is 5.00. The van der Waals surface area contributed by atoms with Gasteiger partial charge in [-0.05, 0) is 39.6 Å². The molecule has 0 aliphatic carbocycles. The Kier molecular flexibility index (Phi) is 5.20. The Morgan fingerprint density at radius 3 is 2.45 bits per heavy atom. The molecule has 20 heavy (non-hydrogen) atoms. The second kappa shape index (κ2) is 6.29. The molecular weight excluding hydrogens is 278 g/mol. The summed E-state index contributed by atoms with van der Waals surface area (Å²) in [4.78, 5) is 14.3. The monoisotopic (exact) mass is 297 g/mol. The molecule has 0 bridgehead atoms. The average Bonchev–Trinajstić information content (AvgIpc) is 2.33. The first-order chi connectivity index (χ1) is 8.95. The Hall–Kier alpha value is -1.52. The van der Waals surface area contributed by atoms with Crippen molar-refractivity contribution >= 4 is 23.4 Å². The van der Waals surface area contributed by atoms with Crippen molar-refractivity contribution < 1.29 is 9.52 Å². The molecule has 0 spiro atoms. The fourth-order valence-corrected chi connectivity index (χ4v) is 2.33. The lowest BCUT2D eigenvalue weighted by molar-refractivity contribution is 0.383. The Morgan fingerprint density at radius 2 is 1.90 bits per heavy atom. The van der Waals surface area contributed by atoms with Crippen molar-refractivity contribution in [2.24, 2.45) is 0 Å². The Bertz CT molecular complexity index is 677. The first kappa shape index (κ1) is 16.5. The number of phenolic OH excluding ortho intramolecular Hbond substituents is 1. The van der Waals surface area contributed by atoms with Gasteiger partial charge in [0.25, 0.3) is 0 Å². The van der Waals surface area contributed by atoms with E-state index in [1.165, 1.54) is 0 Å². The summed E-state index contributed by atoms with van der Waals surface area (Å²) in [5.41, 5.74) is 1.86. The van der Waals surface area contributed by atoms with Crippen LogP contribution in [0.15, 0.2) is 21.3 Å². The lowest BCUT2D eigenvalue weighted by Gasteiger charge is -2.14. The topological polar surface area (TPSA) is 53.7 Å². The van der Waals surface area contributed by atoms with E-state index in [1.54, 1.807) is 19.1 Å². The summed E-state index contributed by atoms with van der Waals surface area (Å²) in [6.45, 7) is 4.26. The fraction of sp³-hybridized carbons (Fsp3) is 0.400. The van der Waals surface area contributed by atoms with Gasteiger partial charge < -0.3 is 14.4 Å². The van der Waals surface area contributed by atoms with E-state index >= 15 is 0 Å². The van der Waals surface area contributed by atoms with Gasteiger partial charge in [0, 0.05) is 12.1 Å². The molecule has 0 radical (unpaired) electrons. The Labute approximate surface area is 124 Å². The summed E-state index contributed by atoms with van der Waals surface area (Å²) < 4.78 is 5.79. The van der Waals surface area contributed by atoms with Crippen molar-refractivity contribution in [1.29, 1.82) is 0 Å². The van der Waals surface area contributed by atoms with Gasteiger partial charge in [0.05, 0.1) is 10.9 Å². The lowest BCUT2D eigenvalue weighted by atomic mass is 10.0. The quantitative estimate of drug-likeness (QED) is 0.946. The molecule has 1 N–H and O–H groups in total. The number of halogens is 1. The smallest absolute Gasteiger partial charge is 0.196 e. The van der Waals surface area contributed by atoms with E-state index in [0.717, 1.165) is 0 Å². The minimum Gasteiger partial charge on any atom is -0.507 e. The van der Waals surface area contributed by atoms with Crippen molar-refractivity contribution in [2.45, 2.75) is 26.8 Å². The van der Waals surface area contributed by atoms with Crippen LogP contribution in [0.25, 0.3) is 11.0 Å². The maximum atomic E-state index is 12.4. The van der Waals surface area contributed by atoms with Crippen molar-refractivity contribution in [2.75, 3.05) is 14.1 Å². The summed E-state index contributed by atoms with van der Waals surface area (Å²) in [6, 6.07) is 3.20. The number of phenols is 1. The number of hydrogen-bond donors (Lipinski definition) is 1. The Morgan fingerprint density at radius 1 is 1.25 bits per heavy atom. The normalized spacial score (nSPS) is 10.8. The van der Waals surface area contributed by atoms with Crippen LogP contribution in [0.1, 0.15) is 23.8 Å². The van der Waals surface area contributed by atoms with Crippen LogP contribution in [0.5, 0.6) is 5.75 Å². The van der Waals surface area contributed by atoms with Crippen molar-refractivity contribution in [3.8, 4) is 5.75 Å². The van der Waals surface area contributed by atoms with Gasteiger partial charge in [0.1, 0.15) is 17.1 Å². The maximum Gasteiger partial charge on any atom is 0.196 e. The van der Waals surface area contributed by atoms with Gasteiger partial charge in [0.2, 0.25) is 0 Å². The van der Waals surface area contributed by atoms with Crippen molar-refractivity contribution in [3.05, 3.63) is 39.2 Å². The lowest BCUT2D eigenvalue weighted by Crippen LogP contribution is -2.14. The van der Waals surface area contributed by atoms with Gasteiger partial charge >= 0.3 is 0 Å². The molecule has 0 aliphatic heterocycles. The number of rotatable bonds is 3. The third-order valence-electron chi connectivity index (χ3n) is 3.26. The van der Waals surface area contributed by atoms with Crippen LogP contribution < -0.4 is 5.43 Å². The van der Waals surface area contributed by atoms with E-state index in [9.17, 15) is 9.90 Å². The van der Waals surface area contributed by atoms with E-state index in [4.69, 9.17) is 4.42 Å². The van der Waals surface area contributed by atoms with Crippen LogP contribution in [0.4, 0.5) is 0 Å². The standard InChI is InChI=1S/C15H19NO3.ClH/c1-5-10-9(2)19-15-11(14(10)18)6-7-13(17)12(15)8-16(3)4;/h6-7,17H,5,8H2,1-4H3;1H. The maximum absolute atomic E-state index is 12.4. The summed E-state index contributed by atoms with van der Waals surface area (Å²) in [5.74, 6) is 0.790. The number of benzene rings is 1. The average molecular weight is 298 g/mol. The number of fused-ring (bicyclic) bond motifs is 1. The van der Waals surface area contributed by atoms with Crippen LogP contribution in [0, 0.1) is 6.92 Å². The zero-order valence-corrected chi connectivity index (χ0v) is 13.0. The molecule has 0 saturated heterocycles. The van der Waals surface area contributed by atoms with Gasteiger partial charge in [-0.15, -0.1) is 12.4 Å². The van der Waals surface area contributed by atoms with E-state index in [2.05, 4.69) is 0 Å². The molecule has 2 aromatic rings. The second-order valence-electron chi connectivity index (χ2n) is 5.00. The predicted molar refractivity (Wildman–Crippen MR) is 82.9 cm³/mol. The highest BCUT2D eigenvalue weighted by Gasteiger charge is 2.16. The molecule has 0 fully saturated rings. The number of nitrogens with zero attached hydrogens (tertiary/aromatic N) is 1. The van der Waals surface area contributed by atoms with Crippen molar-refractivity contribution in [1.82, 2.24) is 4.90 Å². The van der Waals surface area contributed by atoms with Crippen molar-refractivity contribution in [3.63, 3.8) is 0 Å². The highest BCUT2D eigenvalue weighted by atomic mass is 35.5. The molecule has 0 aliphatic rings. The Balaban J connectivity index is 0.00000200. The molecular formula is C15H20ClNO3. The molecule has 0 unspecified atom stereocenters. The molecule has 4 nitrogen and oxygen atoms in total. The molecule has 1 aromatic carbocycles. The van der Waals surface area contributed by atoms with Crippen LogP contribution in [0.2, 0.25) is 0 Å². The molecule has 0 saturated carbocycles. The van der Waals surface area contributed by atoms with E-state index in [1.807, 2.05) is 25.9 Å². The van der Waals surface area contributed by atoms with Crippen LogP contribution in [-0.4, -0.2) is 24.1 Å². The number of aromatic hydroxyl groups is 1. The molecule has 5 heteroatoms. The minimum atomic E-state index is 0. The van der Waals surface area contributed by atoms with Crippen LogP contribution in [0.3, 0.4) is 0 Å². The third kappa shape index (κ3) is 2.81. The molecule has 110 valence electrons. The van der Waals surface area contributed by atoms with Gasteiger partial charge in [0.15, 0.2) is 5.43 Å². The van der Waals surface area contributed by atoms with Gasteiger partial charge in [-0.1, -0.05) is 6.92 Å². The fourth-order valence-electron chi connectivity index (χ4n) is 2.33. The minimum absolute atomic E-state index is 0. The first-order valence-corrected chi connectivity index (χ1v) is 6.37. The van der Waals surface area contributed by atoms with E-state index in [-0.39, 0.29) is 23.6 Å². The van der Waals surface area contributed by atoms with Crippen LogP contribution >= 0.6 is 12.4 Å². The summed E-state index contributed by atoms with van der Waals surface area (Å²) in [5, 5.41) is 10.5. The predicted octanol–water partition coefficient (Wildman–Crippen LogP) is 2.85. The van der Waals surface area contributed by atoms with Gasteiger partial charge in [-0.2, -0.15) is 0 Å². The number of hydrogen-bond acceptors (Lipinski definition) is 4. The molecule has 2 rings (SSSR count). The highest BCUT2D eigenvalue weighted by Crippen LogP contribution is 2.28. The molecule has 1 heterocycles. The summed E-state index contributed by atoms with van der Waals surface area (Å²) in [6.07, 6.45) is 0.647. The van der Waals surface area contributed by atoms with E-state index in [0.29, 0.717) is 40.8 Å². The zero-order valence-electron chi connectivity index (χ0n) is 12.2. The summed E-state index contributed by atoms with van der Waals surface area (Å²) in [7, 11) is 3.81. The number of aryl methyl sites for hydroxylation is 1. The SMILES string of the molecule is CCc1c(C)oc2c(CN(C)C)c(O)ccc2c1=O.Cl.